The minimum atomic E-state index is 0.963. The monoisotopic (exact) mass is 1610 g/mol. The summed E-state index contributed by atoms with van der Waals surface area (Å²) in [5, 5.41) is 0. The van der Waals surface area contributed by atoms with Crippen LogP contribution in [0.1, 0.15) is 178 Å². The van der Waals surface area contributed by atoms with E-state index in [1.54, 1.807) is 0 Å². The van der Waals surface area contributed by atoms with Gasteiger partial charge in [-0.3, -0.25) is 0 Å². The molecular weight excluding hydrogens is 1510 g/mol. The van der Waals surface area contributed by atoms with E-state index in [2.05, 4.69) is 327 Å². The summed E-state index contributed by atoms with van der Waals surface area (Å²) in [6.07, 6.45) is 16.0. The first-order valence-electron chi connectivity index (χ1n) is 44.5. The van der Waals surface area contributed by atoms with Crippen LogP contribution in [0.4, 0.5) is 0 Å². The Bertz CT molecular complexity index is 7450. The van der Waals surface area contributed by atoms with Gasteiger partial charge >= 0.3 is 0 Å². The zero-order chi connectivity index (χ0) is 85.8. The third kappa shape index (κ3) is 12.3. The van der Waals surface area contributed by atoms with Crippen LogP contribution in [0.25, 0.3) is 135 Å². The first-order chi connectivity index (χ1) is 59.7. The molecule has 124 heavy (non-hydrogen) atoms. The van der Waals surface area contributed by atoms with Gasteiger partial charge in [0.15, 0.2) is 22.8 Å². The lowest BCUT2D eigenvalue weighted by Gasteiger charge is -2.13. The number of fused-ring (bicyclic) bond motifs is 28. The molecular formula is C116H108N8+4. The number of nitrogens with zero attached hydrogens (tertiary/aromatic N) is 8. The summed E-state index contributed by atoms with van der Waals surface area (Å²) >= 11 is 0. The molecule has 0 saturated carbocycles. The number of aryl methyl sites for hydroxylation is 16. The Morgan fingerprint density at radius 2 is 0.484 bits per heavy atom. The van der Waals surface area contributed by atoms with Crippen LogP contribution in [-0.4, -0.2) is 19.9 Å². The summed E-state index contributed by atoms with van der Waals surface area (Å²) in [7, 11) is 8.52. The van der Waals surface area contributed by atoms with E-state index < -0.39 is 0 Å². The molecule has 0 spiro atoms. The molecule has 4 heterocycles. The molecule has 608 valence electrons. The molecule has 0 unspecified atom stereocenters. The van der Waals surface area contributed by atoms with Crippen LogP contribution >= 0.6 is 0 Å². The Labute approximate surface area is 731 Å². The van der Waals surface area contributed by atoms with Crippen molar-refractivity contribution in [1.29, 1.82) is 0 Å². The van der Waals surface area contributed by atoms with Crippen molar-refractivity contribution in [2.45, 2.75) is 162 Å². The fourth-order valence-corrected chi connectivity index (χ4v) is 23.0. The van der Waals surface area contributed by atoms with Gasteiger partial charge in [0.05, 0.1) is 50.4 Å². The number of rotatable bonds is 4. The number of hydrogen-bond donors (Lipinski definition) is 0. The van der Waals surface area contributed by atoms with Gasteiger partial charge in [0.2, 0.25) is 0 Å². The summed E-state index contributed by atoms with van der Waals surface area (Å²) in [5.74, 6) is 0. The summed E-state index contributed by atoms with van der Waals surface area (Å²) in [4.78, 5) is 19.7. The smallest absolute Gasteiger partial charge is 0.232 e. The van der Waals surface area contributed by atoms with Crippen molar-refractivity contribution in [1.82, 2.24) is 19.9 Å². The number of aromatic nitrogens is 8. The quantitative estimate of drug-likeness (QED) is 0.165. The van der Waals surface area contributed by atoms with Gasteiger partial charge in [0.25, 0.3) is 25.3 Å². The highest BCUT2D eigenvalue weighted by molar-refractivity contribution is 5.94. The third-order valence-corrected chi connectivity index (χ3v) is 29.5. The first-order valence-corrected chi connectivity index (χ1v) is 44.5. The second-order valence-corrected chi connectivity index (χ2v) is 37.6. The normalized spacial score (nSPS) is 13.1. The number of hydrogen-bond acceptors (Lipinski definition) is 4. The predicted octanol–water partition coefficient (Wildman–Crippen LogP) is 23.8. The van der Waals surface area contributed by atoms with E-state index in [0.717, 1.165) is 74.1 Å². The van der Waals surface area contributed by atoms with Gasteiger partial charge in [-0.2, -0.15) is 0 Å². The lowest BCUT2D eigenvalue weighted by molar-refractivity contribution is -0.663. The Morgan fingerprint density at radius 1 is 0.194 bits per heavy atom. The Kier molecular flexibility index (Phi) is 18.5. The number of benzene rings is 12. The van der Waals surface area contributed by atoms with Crippen molar-refractivity contribution in [3.05, 3.63) is 373 Å². The zero-order valence-corrected chi connectivity index (χ0v) is 75.7. The summed E-state index contributed by atoms with van der Waals surface area (Å²) < 4.78 is 8.85. The first kappa shape index (κ1) is 78.2. The maximum atomic E-state index is 4.92. The van der Waals surface area contributed by atoms with Crippen LogP contribution in [-0.2, 0) is 79.6 Å². The van der Waals surface area contributed by atoms with Gasteiger partial charge in [0.1, 0.15) is 22.8 Å². The zero-order valence-electron chi connectivity index (χ0n) is 75.7. The molecule has 16 aromatic rings. The highest BCUT2D eigenvalue weighted by atomic mass is 15.0. The Morgan fingerprint density at radius 3 is 0.911 bits per heavy atom. The molecule has 0 radical (unpaired) electrons. The third-order valence-electron chi connectivity index (χ3n) is 29.5. The molecule has 0 amide bonds. The van der Waals surface area contributed by atoms with Crippen molar-refractivity contribution in [3.63, 3.8) is 0 Å². The van der Waals surface area contributed by atoms with Crippen LogP contribution in [0.3, 0.4) is 0 Å². The van der Waals surface area contributed by atoms with E-state index in [0.29, 0.717) is 0 Å². The molecule has 0 saturated heterocycles. The fraction of sp³-hybridized carbons (Fsp3) is 0.241. The molecule has 0 atom stereocenters. The molecule has 12 aromatic carbocycles. The Hall–Kier alpha value is -13.0. The molecule has 0 N–H and O–H groups in total. The van der Waals surface area contributed by atoms with Crippen LogP contribution in [0.2, 0.25) is 0 Å². The maximum Gasteiger partial charge on any atom is 0.287 e. The Balaban J connectivity index is 0.000000101. The van der Waals surface area contributed by atoms with Crippen LogP contribution < -0.4 is 18.3 Å². The van der Waals surface area contributed by atoms with Gasteiger partial charge in [-0.1, -0.05) is 155 Å². The molecule has 0 fully saturated rings. The van der Waals surface area contributed by atoms with Crippen LogP contribution in [0.15, 0.2) is 195 Å². The van der Waals surface area contributed by atoms with E-state index in [1.807, 2.05) is 25.3 Å². The average Bonchev–Trinajstić information content (AvgIpc) is 1.58. The lowest BCUT2D eigenvalue weighted by atomic mass is 9.94. The second-order valence-electron chi connectivity index (χ2n) is 37.6. The van der Waals surface area contributed by atoms with E-state index in [9.17, 15) is 0 Å². The van der Waals surface area contributed by atoms with E-state index in [-0.39, 0.29) is 0 Å². The van der Waals surface area contributed by atoms with Gasteiger partial charge in [-0.05, 0) is 372 Å². The molecule has 0 bridgehead atoms. The fourth-order valence-electron chi connectivity index (χ4n) is 23.0. The molecule has 4 aromatic heterocycles. The average molecular weight is 1610 g/mol. The summed E-state index contributed by atoms with van der Waals surface area (Å²) in [6, 6.07) is 64.2. The molecule has 0 aliphatic heterocycles. The van der Waals surface area contributed by atoms with Gasteiger partial charge < -0.3 is 0 Å². The van der Waals surface area contributed by atoms with Gasteiger partial charge in [-0.25, -0.2) is 18.3 Å². The van der Waals surface area contributed by atoms with Gasteiger partial charge in [0, 0.05) is 70.2 Å². The van der Waals surface area contributed by atoms with E-state index in [1.165, 1.54) is 290 Å². The molecule has 24 rings (SSSR count). The minimum Gasteiger partial charge on any atom is -0.232 e. The predicted molar refractivity (Wildman–Crippen MR) is 505 cm³/mol. The summed E-state index contributed by atoms with van der Waals surface area (Å²) in [6.45, 7) is 35.5. The SMILES string of the molecule is Cc1cc(C)c(C)c(-c2c3c(nc[n+]2C)-c2ccc4c(c2C3)Cc2c(C)cccc2-4)c1.Cc1cc(C)c(C)c(-c2c3c(nc[n+]2C)-c2ccc4c(c2C3)Cc2cccc(C)c2-4)c1.Cc1ccc2c(c1)-c1ccc3c(c1C2)Cc1c-3nc[n+](C)c1-c1cc(C)cc(C)c1C.Cc1ccc2c(c1)Cc1c-2ccc2c1Cc1c-2nc[n+](C)c1-c1cc(C)cc(C)c1C. The standard InChI is InChI=1S/4C29H27N2/c1-16-6-7-21-20(11-16)13-25-22(21)8-9-23-26(25)14-27-28(23)30-15-31(5)29(27)24-12-17(2)10-18(3)19(24)4;1-16-6-7-20-13-25-21(24(20)11-16)8-9-22-26(25)14-27-28(22)30-15-31(5)29(27)23-12-17(2)10-18(3)19(23)4;1-16-11-18(3)19(4)24(12-16)29-27-14-26-22(28(27)30-15-31(29)5)10-9-21-20-8-6-7-17(2)23(20)13-25(21)26;1-16-11-18(3)19(4)23(12-16)29-26-14-25-22(28(26)30-15-31(29)5)10-9-21-24(25)13-20-8-6-7-17(2)27(20)21/h4*6-12,15H,13-14H2,1-5H3/q4*+1. The molecule has 8 aliphatic carbocycles. The van der Waals surface area contributed by atoms with Crippen molar-refractivity contribution in [2.75, 3.05) is 0 Å². The highest BCUT2D eigenvalue weighted by Crippen LogP contribution is 2.54. The van der Waals surface area contributed by atoms with E-state index >= 15 is 0 Å². The van der Waals surface area contributed by atoms with Crippen molar-refractivity contribution >= 4 is 0 Å². The second kappa shape index (κ2) is 29.3. The topological polar surface area (TPSA) is 67.1 Å². The largest absolute Gasteiger partial charge is 0.287 e. The molecule has 8 heteroatoms. The van der Waals surface area contributed by atoms with Crippen molar-refractivity contribution < 1.29 is 18.3 Å². The molecule has 8 aliphatic rings. The van der Waals surface area contributed by atoms with Crippen LogP contribution in [0.5, 0.6) is 0 Å². The maximum absolute atomic E-state index is 4.92. The highest BCUT2D eigenvalue weighted by Gasteiger charge is 2.41. The van der Waals surface area contributed by atoms with Gasteiger partial charge in [-0.15, -0.1) is 0 Å². The van der Waals surface area contributed by atoms with Crippen LogP contribution in [0, 0.1) is 111 Å². The molecule has 8 nitrogen and oxygen atoms in total. The van der Waals surface area contributed by atoms with Crippen molar-refractivity contribution in [3.8, 4) is 135 Å². The minimum absolute atomic E-state index is 0.963. The van der Waals surface area contributed by atoms with E-state index in [4.69, 9.17) is 19.9 Å². The summed E-state index contributed by atoms with van der Waals surface area (Å²) in [5.41, 5.74) is 76.7. The van der Waals surface area contributed by atoms with Crippen molar-refractivity contribution in [2.24, 2.45) is 28.2 Å². The lowest BCUT2D eigenvalue weighted by Crippen LogP contribution is -2.33.